The van der Waals surface area contributed by atoms with Crippen LogP contribution >= 0.6 is 11.6 Å². The summed E-state index contributed by atoms with van der Waals surface area (Å²) in [4.78, 5) is 28.6. The molecule has 1 N–H and O–H groups in total. The van der Waals surface area contributed by atoms with Gasteiger partial charge in [-0.05, 0) is 88.7 Å². The molecule has 10 heteroatoms. The zero-order valence-electron chi connectivity index (χ0n) is 30.2. The van der Waals surface area contributed by atoms with Gasteiger partial charge < -0.3 is 29.6 Å². The van der Waals surface area contributed by atoms with Crippen molar-refractivity contribution in [3.05, 3.63) is 87.6 Å². The van der Waals surface area contributed by atoms with Gasteiger partial charge in [0.05, 0.1) is 25.8 Å². The van der Waals surface area contributed by atoms with E-state index in [0.717, 1.165) is 68.6 Å². The lowest BCUT2D eigenvalue weighted by Gasteiger charge is -2.38. The monoisotopic (exact) mass is 729 g/mol. The number of carboxylic acids is 1. The fraction of sp³-hybridized carbons (Fsp3) is 0.488. The van der Waals surface area contributed by atoms with Crippen LogP contribution < -0.4 is 20.5 Å². The van der Waals surface area contributed by atoms with Gasteiger partial charge in [0.15, 0.2) is 5.71 Å². The van der Waals surface area contributed by atoms with Gasteiger partial charge in [-0.15, -0.1) is 11.6 Å². The highest BCUT2D eigenvalue weighted by Gasteiger charge is 2.41. The Hall–Kier alpha value is -3.50. The number of unbranched alkanes of at least 4 members (excludes halogenated alkanes) is 3. The highest BCUT2D eigenvalue weighted by atomic mass is 35.5. The molecule has 3 aliphatic heterocycles. The number of amides is 1. The van der Waals surface area contributed by atoms with E-state index in [1.807, 2.05) is 0 Å². The van der Waals surface area contributed by atoms with E-state index in [9.17, 15) is 14.7 Å². The number of nitrogens with zero attached hydrogens (tertiary/aromatic N) is 2. The minimum atomic E-state index is -2.24. The summed E-state index contributed by atoms with van der Waals surface area (Å²) in [6, 6.07) is 11.5. The molecule has 2 aromatic carbocycles. The smallest absolute Gasteiger partial charge is 0.251 e. The molecule has 8 nitrogen and oxygen atoms in total. The van der Waals surface area contributed by atoms with E-state index in [4.69, 9.17) is 21.1 Å². The van der Waals surface area contributed by atoms with Crippen molar-refractivity contribution in [1.29, 1.82) is 0 Å². The van der Waals surface area contributed by atoms with Crippen molar-refractivity contribution in [3.63, 3.8) is 0 Å². The van der Waals surface area contributed by atoms with E-state index in [2.05, 4.69) is 64.3 Å². The third-order valence-electron chi connectivity index (χ3n) is 10.7. The Balaban J connectivity index is 1.26. The standard InChI is InChI=1S/C41H52ClN3O5Si/c1-51(2)37-28-31(44-19-6-7-20-44)12-15-34(37)39(35-16-13-32(29-38(35)51)45-21-8-9-22-45)36-27-30(11-14-33(36)41(47)48)40(46)43-18-24-50-26-25-49-23-10-4-3-5-17-42/h11-16,27-29H,3-10,17-26H2,1-2H3,(H-,43,46,47,48). The predicted octanol–water partition coefficient (Wildman–Crippen LogP) is 5.23. The highest BCUT2D eigenvalue weighted by molar-refractivity contribution is 6.98. The second kappa shape index (κ2) is 17.3. The van der Waals surface area contributed by atoms with Crippen LogP contribution in [-0.2, 0) is 9.47 Å². The number of halogens is 1. The van der Waals surface area contributed by atoms with E-state index in [1.54, 1.807) is 12.1 Å². The molecule has 2 aromatic rings. The van der Waals surface area contributed by atoms with Gasteiger partial charge >= 0.3 is 0 Å². The lowest BCUT2D eigenvalue weighted by Crippen LogP contribution is -2.50. The van der Waals surface area contributed by atoms with Gasteiger partial charge in [0, 0.05) is 73.9 Å². The number of nitrogens with one attached hydrogen (secondary N) is 1. The Morgan fingerprint density at radius 2 is 1.63 bits per heavy atom. The molecular weight excluding hydrogens is 678 g/mol. The normalized spacial score (nSPS) is 17.9. The van der Waals surface area contributed by atoms with Crippen LogP contribution in [-0.4, -0.2) is 95.3 Å². The van der Waals surface area contributed by atoms with Crippen LogP contribution in [0.5, 0.6) is 0 Å². The number of anilines is 1. The van der Waals surface area contributed by atoms with Crippen molar-refractivity contribution < 1.29 is 28.7 Å². The number of carboxylic acid groups (broad SMARTS) is 1. The van der Waals surface area contributed by atoms with Gasteiger partial charge in [0.2, 0.25) is 0 Å². The molecule has 0 radical (unpaired) electrons. The SMILES string of the molecule is C[Si]1(C)C2=CC(=[N+]3CCCC3)C=CC2=C(c2cc(C(=O)NCCOCCOCCCCCCCl)ccc2C(=O)[O-])c2ccc(N3CCCC3)cc21. The largest absolute Gasteiger partial charge is 0.545 e. The number of fused-ring (bicyclic) bond motifs is 2. The van der Waals surface area contributed by atoms with Crippen molar-refractivity contribution >= 4 is 53.7 Å². The predicted molar refractivity (Wildman–Crippen MR) is 206 cm³/mol. The minimum Gasteiger partial charge on any atom is -0.545 e. The number of aromatic carboxylic acids is 1. The number of hydrogen-bond donors (Lipinski definition) is 1. The fourth-order valence-electron chi connectivity index (χ4n) is 7.84. The molecule has 2 fully saturated rings. The summed E-state index contributed by atoms with van der Waals surface area (Å²) in [7, 11) is -2.24. The fourth-order valence-corrected chi connectivity index (χ4v) is 11.1. The molecule has 0 aromatic heterocycles. The Labute approximate surface area is 308 Å². The third kappa shape index (κ3) is 8.59. The number of rotatable bonds is 16. The molecule has 3 heterocycles. The zero-order chi connectivity index (χ0) is 35.8. The molecule has 0 saturated carbocycles. The lowest BCUT2D eigenvalue weighted by atomic mass is 9.86. The van der Waals surface area contributed by atoms with Gasteiger partial charge in [-0.3, -0.25) is 4.79 Å². The number of ether oxygens (including phenoxy) is 2. The molecule has 1 aliphatic carbocycles. The summed E-state index contributed by atoms with van der Waals surface area (Å²) >= 11 is 5.72. The number of hydrogen-bond acceptors (Lipinski definition) is 6. The van der Waals surface area contributed by atoms with Crippen molar-refractivity contribution in [2.24, 2.45) is 0 Å². The number of benzene rings is 2. The van der Waals surface area contributed by atoms with Crippen LogP contribution in [0.25, 0.3) is 5.57 Å². The van der Waals surface area contributed by atoms with Crippen LogP contribution in [0.2, 0.25) is 13.1 Å². The summed E-state index contributed by atoms with van der Waals surface area (Å²) in [6.07, 6.45) is 15.8. The summed E-state index contributed by atoms with van der Waals surface area (Å²) in [5.74, 6) is -0.833. The lowest BCUT2D eigenvalue weighted by molar-refractivity contribution is -0.504. The number of allylic oxidation sites excluding steroid dienone is 5. The molecule has 6 rings (SSSR count). The molecular formula is C41H52ClN3O5Si. The van der Waals surface area contributed by atoms with Gasteiger partial charge in [0.25, 0.3) is 5.91 Å². The minimum absolute atomic E-state index is 0.0782. The summed E-state index contributed by atoms with van der Waals surface area (Å²) < 4.78 is 13.8. The van der Waals surface area contributed by atoms with Crippen LogP contribution in [0.1, 0.15) is 83.2 Å². The topological polar surface area (TPSA) is 93.9 Å². The van der Waals surface area contributed by atoms with Gasteiger partial charge in [-0.25, -0.2) is 4.58 Å². The van der Waals surface area contributed by atoms with Gasteiger partial charge in [-0.1, -0.05) is 38.1 Å². The Morgan fingerprint density at radius 3 is 2.37 bits per heavy atom. The van der Waals surface area contributed by atoms with E-state index < -0.39 is 14.0 Å². The quantitative estimate of drug-likeness (QED) is 0.110. The van der Waals surface area contributed by atoms with Crippen LogP contribution in [0, 0.1) is 0 Å². The zero-order valence-corrected chi connectivity index (χ0v) is 32.0. The van der Waals surface area contributed by atoms with Crippen molar-refractivity contribution in [2.75, 3.05) is 69.9 Å². The molecule has 0 unspecified atom stereocenters. The molecule has 272 valence electrons. The van der Waals surface area contributed by atoms with Gasteiger partial charge in [-0.2, -0.15) is 0 Å². The van der Waals surface area contributed by atoms with Gasteiger partial charge in [0.1, 0.15) is 21.2 Å². The number of alkyl halides is 1. The van der Waals surface area contributed by atoms with Crippen LogP contribution in [0.4, 0.5) is 5.69 Å². The number of carbonyl (C=O) groups excluding carboxylic acids is 2. The second-order valence-corrected chi connectivity index (χ2v) is 19.2. The first-order valence-corrected chi connectivity index (χ1v) is 22.3. The molecule has 4 aliphatic rings. The molecule has 2 saturated heterocycles. The first kappa shape index (κ1) is 37.3. The van der Waals surface area contributed by atoms with Crippen LogP contribution in [0.15, 0.2) is 65.4 Å². The van der Waals surface area contributed by atoms with Crippen LogP contribution in [0.3, 0.4) is 0 Å². The third-order valence-corrected chi connectivity index (χ3v) is 14.5. The van der Waals surface area contributed by atoms with E-state index in [1.165, 1.54) is 53.5 Å². The van der Waals surface area contributed by atoms with Crippen molar-refractivity contribution in [3.8, 4) is 0 Å². The highest BCUT2D eigenvalue weighted by Crippen LogP contribution is 2.43. The first-order chi connectivity index (χ1) is 24.8. The molecule has 0 bridgehead atoms. The molecule has 51 heavy (non-hydrogen) atoms. The summed E-state index contributed by atoms with van der Waals surface area (Å²) in [5.41, 5.74) is 6.37. The van der Waals surface area contributed by atoms with Crippen molar-refractivity contribution in [2.45, 2.75) is 64.5 Å². The maximum absolute atomic E-state index is 13.4. The van der Waals surface area contributed by atoms with Crippen molar-refractivity contribution in [1.82, 2.24) is 5.32 Å². The summed E-state index contributed by atoms with van der Waals surface area (Å²) in [6.45, 7) is 11.4. The molecule has 1 amide bonds. The average Bonchev–Trinajstić information content (AvgIpc) is 3.88. The van der Waals surface area contributed by atoms with E-state index >= 15 is 0 Å². The first-order valence-electron chi connectivity index (χ1n) is 18.8. The Bertz CT molecular complexity index is 1730. The average molecular weight is 730 g/mol. The Kier molecular flexibility index (Phi) is 12.7. The number of carbonyl (C=O) groups is 2. The molecule has 0 spiro atoms. The summed E-state index contributed by atoms with van der Waals surface area (Å²) in [5, 5.41) is 18.2. The maximum atomic E-state index is 13.4. The molecule has 0 atom stereocenters. The van der Waals surface area contributed by atoms with E-state index in [0.29, 0.717) is 50.0 Å². The Morgan fingerprint density at radius 1 is 0.882 bits per heavy atom. The second-order valence-electron chi connectivity index (χ2n) is 14.5. The maximum Gasteiger partial charge on any atom is 0.251 e. The van der Waals surface area contributed by atoms with E-state index in [-0.39, 0.29) is 11.5 Å².